The number of para-hydroxylation sites is 1. The van der Waals surface area contributed by atoms with Gasteiger partial charge in [-0.2, -0.15) is 0 Å². The molecule has 2 aromatic rings. The summed E-state index contributed by atoms with van der Waals surface area (Å²) in [6.45, 7) is 3.66. The SMILES string of the molecule is COc1ccccc1C(=O)N[C@H](C(=O)Nc1ccc(F)cc1)C(C)C. The fourth-order valence-corrected chi connectivity index (χ4v) is 2.34. The fraction of sp³-hybridized carbons (Fsp3) is 0.263. The lowest BCUT2D eigenvalue weighted by atomic mass is 10.0. The Hall–Kier alpha value is -2.89. The van der Waals surface area contributed by atoms with E-state index in [1.165, 1.54) is 31.4 Å². The molecule has 6 heteroatoms. The zero-order chi connectivity index (χ0) is 18.4. The molecule has 0 spiro atoms. The average molecular weight is 344 g/mol. The summed E-state index contributed by atoms with van der Waals surface area (Å²) in [5, 5.41) is 5.42. The molecule has 25 heavy (non-hydrogen) atoms. The van der Waals surface area contributed by atoms with Gasteiger partial charge in [-0.05, 0) is 42.3 Å². The van der Waals surface area contributed by atoms with E-state index in [0.717, 1.165) is 0 Å². The van der Waals surface area contributed by atoms with Crippen molar-refractivity contribution in [3.8, 4) is 5.75 Å². The number of benzene rings is 2. The number of carbonyl (C=O) groups excluding carboxylic acids is 2. The van der Waals surface area contributed by atoms with Crippen LogP contribution in [0.3, 0.4) is 0 Å². The first-order valence-electron chi connectivity index (χ1n) is 7.92. The molecule has 132 valence electrons. The minimum atomic E-state index is -0.748. The number of rotatable bonds is 6. The van der Waals surface area contributed by atoms with Gasteiger partial charge in [0.15, 0.2) is 0 Å². The number of methoxy groups -OCH3 is 1. The molecule has 2 amide bonds. The van der Waals surface area contributed by atoms with E-state index < -0.39 is 11.9 Å². The van der Waals surface area contributed by atoms with E-state index >= 15 is 0 Å². The van der Waals surface area contributed by atoms with Gasteiger partial charge in [0.1, 0.15) is 17.6 Å². The summed E-state index contributed by atoms with van der Waals surface area (Å²) >= 11 is 0. The molecule has 0 fully saturated rings. The third kappa shape index (κ3) is 4.79. The molecule has 0 radical (unpaired) electrons. The number of halogens is 1. The van der Waals surface area contributed by atoms with Gasteiger partial charge in [0, 0.05) is 5.69 Å². The van der Waals surface area contributed by atoms with Crippen LogP contribution in [0, 0.1) is 11.7 Å². The van der Waals surface area contributed by atoms with Crippen molar-refractivity contribution < 1.29 is 18.7 Å². The lowest BCUT2D eigenvalue weighted by Crippen LogP contribution is -2.47. The van der Waals surface area contributed by atoms with Crippen molar-refractivity contribution in [2.24, 2.45) is 5.92 Å². The molecular weight excluding hydrogens is 323 g/mol. The Labute approximate surface area is 146 Å². The summed E-state index contributed by atoms with van der Waals surface area (Å²) < 4.78 is 18.1. The van der Waals surface area contributed by atoms with E-state index in [1.807, 2.05) is 13.8 Å². The smallest absolute Gasteiger partial charge is 0.255 e. The predicted molar refractivity (Wildman–Crippen MR) is 94.1 cm³/mol. The molecule has 0 saturated heterocycles. The zero-order valence-corrected chi connectivity index (χ0v) is 14.4. The predicted octanol–water partition coefficient (Wildman–Crippen LogP) is 3.23. The van der Waals surface area contributed by atoms with Gasteiger partial charge in [-0.3, -0.25) is 9.59 Å². The lowest BCUT2D eigenvalue weighted by Gasteiger charge is -2.22. The summed E-state index contributed by atoms with van der Waals surface area (Å²) in [6, 6.07) is 11.5. The molecule has 2 N–H and O–H groups in total. The van der Waals surface area contributed by atoms with Crippen molar-refractivity contribution in [1.82, 2.24) is 5.32 Å². The topological polar surface area (TPSA) is 67.4 Å². The normalized spacial score (nSPS) is 11.7. The highest BCUT2D eigenvalue weighted by Crippen LogP contribution is 2.18. The van der Waals surface area contributed by atoms with E-state index in [0.29, 0.717) is 17.0 Å². The molecule has 0 aliphatic carbocycles. The molecule has 0 aromatic heterocycles. The Kier molecular flexibility index (Phi) is 6.11. The van der Waals surface area contributed by atoms with E-state index in [9.17, 15) is 14.0 Å². The molecule has 1 atom stereocenters. The van der Waals surface area contributed by atoms with Crippen LogP contribution in [-0.4, -0.2) is 25.0 Å². The third-order valence-corrected chi connectivity index (χ3v) is 3.70. The largest absolute Gasteiger partial charge is 0.496 e. The van der Waals surface area contributed by atoms with E-state index in [-0.39, 0.29) is 17.6 Å². The van der Waals surface area contributed by atoms with Crippen molar-refractivity contribution in [1.29, 1.82) is 0 Å². The van der Waals surface area contributed by atoms with Crippen LogP contribution in [-0.2, 0) is 4.79 Å². The third-order valence-electron chi connectivity index (χ3n) is 3.70. The first-order chi connectivity index (χ1) is 11.9. The summed E-state index contributed by atoms with van der Waals surface area (Å²) in [5.41, 5.74) is 0.814. The van der Waals surface area contributed by atoms with Crippen LogP contribution in [0.1, 0.15) is 24.2 Å². The van der Waals surface area contributed by atoms with Gasteiger partial charge < -0.3 is 15.4 Å². The summed E-state index contributed by atoms with van der Waals surface area (Å²) in [6.07, 6.45) is 0. The number of hydrogen-bond donors (Lipinski definition) is 2. The Morgan fingerprint density at radius 2 is 1.68 bits per heavy atom. The quantitative estimate of drug-likeness (QED) is 0.845. The molecule has 2 rings (SSSR count). The maximum Gasteiger partial charge on any atom is 0.255 e. The van der Waals surface area contributed by atoms with E-state index in [1.54, 1.807) is 24.3 Å². The molecule has 0 heterocycles. The number of hydrogen-bond acceptors (Lipinski definition) is 3. The number of nitrogens with one attached hydrogen (secondary N) is 2. The van der Waals surface area contributed by atoms with Gasteiger partial charge in [-0.25, -0.2) is 4.39 Å². The Morgan fingerprint density at radius 3 is 2.28 bits per heavy atom. The molecule has 0 saturated carbocycles. The highest BCUT2D eigenvalue weighted by molar-refractivity contribution is 6.02. The van der Waals surface area contributed by atoms with Crippen LogP contribution in [0.4, 0.5) is 10.1 Å². The Morgan fingerprint density at radius 1 is 1.04 bits per heavy atom. The van der Waals surface area contributed by atoms with E-state index in [2.05, 4.69) is 10.6 Å². The fourth-order valence-electron chi connectivity index (χ4n) is 2.34. The zero-order valence-electron chi connectivity index (χ0n) is 14.4. The summed E-state index contributed by atoms with van der Waals surface area (Å²) in [7, 11) is 1.48. The van der Waals surface area contributed by atoms with Crippen molar-refractivity contribution in [3.05, 3.63) is 59.9 Å². The standard InChI is InChI=1S/C19H21FN2O3/c1-12(2)17(19(24)21-14-10-8-13(20)9-11-14)22-18(23)15-6-4-5-7-16(15)25-3/h4-12,17H,1-3H3,(H,21,24)(H,22,23)/t17-/m0/s1. The van der Waals surface area contributed by atoms with Crippen molar-refractivity contribution in [2.75, 3.05) is 12.4 Å². The van der Waals surface area contributed by atoms with Gasteiger partial charge in [0.25, 0.3) is 5.91 Å². The second kappa shape index (κ2) is 8.28. The molecular formula is C19H21FN2O3. The highest BCUT2D eigenvalue weighted by Gasteiger charge is 2.25. The maximum atomic E-state index is 13.0. The minimum absolute atomic E-state index is 0.140. The van der Waals surface area contributed by atoms with Crippen LogP contribution in [0.25, 0.3) is 0 Å². The minimum Gasteiger partial charge on any atom is -0.496 e. The maximum absolute atomic E-state index is 13.0. The lowest BCUT2D eigenvalue weighted by molar-refractivity contribution is -0.118. The molecule has 0 bridgehead atoms. The number of carbonyl (C=O) groups is 2. The Balaban J connectivity index is 2.13. The van der Waals surface area contributed by atoms with Gasteiger partial charge in [0.05, 0.1) is 12.7 Å². The van der Waals surface area contributed by atoms with Crippen LogP contribution in [0.2, 0.25) is 0 Å². The van der Waals surface area contributed by atoms with Crippen LogP contribution in [0.15, 0.2) is 48.5 Å². The number of ether oxygens (including phenoxy) is 1. The summed E-state index contributed by atoms with van der Waals surface area (Å²) in [4.78, 5) is 25.0. The monoisotopic (exact) mass is 344 g/mol. The van der Waals surface area contributed by atoms with Gasteiger partial charge in [-0.15, -0.1) is 0 Å². The van der Waals surface area contributed by atoms with Crippen LogP contribution < -0.4 is 15.4 Å². The van der Waals surface area contributed by atoms with Crippen LogP contribution in [0.5, 0.6) is 5.75 Å². The number of anilines is 1. The van der Waals surface area contributed by atoms with Gasteiger partial charge in [0.2, 0.25) is 5.91 Å². The Bertz CT molecular complexity index is 745. The van der Waals surface area contributed by atoms with Crippen molar-refractivity contribution in [2.45, 2.75) is 19.9 Å². The molecule has 5 nitrogen and oxygen atoms in total. The molecule has 0 aliphatic heterocycles. The van der Waals surface area contributed by atoms with E-state index in [4.69, 9.17) is 4.74 Å². The average Bonchev–Trinajstić information content (AvgIpc) is 2.60. The molecule has 0 unspecified atom stereocenters. The second-order valence-electron chi connectivity index (χ2n) is 5.89. The first-order valence-corrected chi connectivity index (χ1v) is 7.92. The van der Waals surface area contributed by atoms with Crippen molar-refractivity contribution in [3.63, 3.8) is 0 Å². The molecule has 0 aliphatic rings. The summed E-state index contributed by atoms with van der Waals surface area (Å²) in [5.74, 6) is -0.862. The van der Waals surface area contributed by atoms with Gasteiger partial charge in [-0.1, -0.05) is 26.0 Å². The highest BCUT2D eigenvalue weighted by atomic mass is 19.1. The van der Waals surface area contributed by atoms with Crippen LogP contribution >= 0.6 is 0 Å². The second-order valence-corrected chi connectivity index (χ2v) is 5.89. The molecule has 2 aromatic carbocycles. The number of amides is 2. The van der Waals surface area contributed by atoms with Gasteiger partial charge >= 0.3 is 0 Å². The van der Waals surface area contributed by atoms with Crippen molar-refractivity contribution >= 4 is 17.5 Å². The first kappa shape index (κ1) is 18.4.